The van der Waals surface area contributed by atoms with Gasteiger partial charge in [0.25, 0.3) is 5.56 Å². The number of nitrogens with zero attached hydrogens (tertiary/aromatic N) is 5. The number of hydrogen-bond acceptors (Lipinski definition) is 7. The Bertz CT molecular complexity index is 1190. The van der Waals surface area contributed by atoms with Gasteiger partial charge in [0.2, 0.25) is 0 Å². The molecule has 2 N–H and O–H groups in total. The number of rotatable bonds is 5. The third-order valence-corrected chi connectivity index (χ3v) is 6.73. The van der Waals surface area contributed by atoms with Crippen molar-refractivity contribution < 1.29 is 19.8 Å². The SMILES string of the molecule is Cn1c(=O)cnn([C@H]2CC[C@@H](N3CCN(c4cccc(Cl)c4)CC3)CC2)c1=O.O=C(O)/C=C/C(=O)O. The Morgan fingerprint density at radius 1 is 0.972 bits per heavy atom. The first-order valence-electron chi connectivity index (χ1n) is 11.7. The third-order valence-electron chi connectivity index (χ3n) is 6.49. The highest BCUT2D eigenvalue weighted by Crippen LogP contribution is 2.31. The number of benzene rings is 1. The molecule has 1 aromatic heterocycles. The molecular formula is C24H30ClN5O6. The van der Waals surface area contributed by atoms with Crippen LogP contribution in [-0.4, -0.2) is 73.6 Å². The van der Waals surface area contributed by atoms with Crippen LogP contribution in [0.2, 0.25) is 5.02 Å². The molecule has 2 heterocycles. The molecule has 0 radical (unpaired) electrons. The lowest BCUT2D eigenvalue weighted by Crippen LogP contribution is -2.51. The van der Waals surface area contributed by atoms with Crippen molar-refractivity contribution >= 4 is 29.2 Å². The molecule has 1 aliphatic carbocycles. The summed E-state index contributed by atoms with van der Waals surface area (Å²) >= 11 is 6.12. The van der Waals surface area contributed by atoms with E-state index in [4.69, 9.17) is 21.8 Å². The van der Waals surface area contributed by atoms with Gasteiger partial charge < -0.3 is 15.1 Å². The van der Waals surface area contributed by atoms with Crippen molar-refractivity contribution in [2.75, 3.05) is 31.1 Å². The molecular weight excluding hydrogens is 490 g/mol. The van der Waals surface area contributed by atoms with Crippen LogP contribution in [0, 0.1) is 0 Å². The van der Waals surface area contributed by atoms with Crippen molar-refractivity contribution in [3.63, 3.8) is 0 Å². The summed E-state index contributed by atoms with van der Waals surface area (Å²) < 4.78 is 2.63. The Morgan fingerprint density at radius 3 is 2.11 bits per heavy atom. The van der Waals surface area contributed by atoms with Crippen LogP contribution >= 0.6 is 11.6 Å². The minimum atomic E-state index is -1.26. The number of aliphatic carboxylic acids is 2. The van der Waals surface area contributed by atoms with Gasteiger partial charge in [-0.2, -0.15) is 5.10 Å². The van der Waals surface area contributed by atoms with Gasteiger partial charge in [-0.15, -0.1) is 0 Å². The molecule has 1 aliphatic heterocycles. The Morgan fingerprint density at radius 2 is 1.56 bits per heavy atom. The van der Waals surface area contributed by atoms with Gasteiger partial charge in [0.05, 0.1) is 6.04 Å². The van der Waals surface area contributed by atoms with Crippen molar-refractivity contribution in [3.05, 3.63) is 68.5 Å². The van der Waals surface area contributed by atoms with E-state index in [9.17, 15) is 19.2 Å². The van der Waals surface area contributed by atoms with Crippen molar-refractivity contribution in [3.8, 4) is 0 Å². The van der Waals surface area contributed by atoms with Crippen LogP contribution in [0.15, 0.2) is 52.2 Å². The average Bonchev–Trinajstić information content (AvgIpc) is 2.87. The van der Waals surface area contributed by atoms with Crippen molar-refractivity contribution in [2.45, 2.75) is 37.8 Å². The van der Waals surface area contributed by atoms with E-state index in [2.05, 4.69) is 21.0 Å². The number of anilines is 1. The topological polar surface area (TPSA) is 138 Å². The van der Waals surface area contributed by atoms with Gasteiger partial charge in [0, 0.05) is 62.1 Å². The third kappa shape index (κ3) is 7.28. The summed E-state index contributed by atoms with van der Waals surface area (Å²) in [7, 11) is 1.51. The van der Waals surface area contributed by atoms with E-state index >= 15 is 0 Å². The lowest BCUT2D eigenvalue weighted by molar-refractivity contribution is -0.134. The molecule has 4 rings (SSSR count). The minimum Gasteiger partial charge on any atom is -0.478 e. The summed E-state index contributed by atoms with van der Waals surface area (Å²) in [5.41, 5.74) is 0.523. The molecule has 11 nitrogen and oxygen atoms in total. The molecule has 0 atom stereocenters. The smallest absolute Gasteiger partial charge is 0.347 e. The molecule has 0 amide bonds. The Kier molecular flexibility index (Phi) is 9.43. The zero-order chi connectivity index (χ0) is 26.2. The van der Waals surface area contributed by atoms with E-state index in [0.717, 1.165) is 61.5 Å². The van der Waals surface area contributed by atoms with Gasteiger partial charge in [-0.25, -0.2) is 19.1 Å². The highest BCUT2D eigenvalue weighted by molar-refractivity contribution is 6.30. The van der Waals surface area contributed by atoms with Gasteiger partial charge >= 0.3 is 17.6 Å². The number of piperazine rings is 1. The van der Waals surface area contributed by atoms with Crippen LogP contribution in [0.5, 0.6) is 0 Å². The maximum atomic E-state index is 12.3. The van der Waals surface area contributed by atoms with E-state index in [1.165, 1.54) is 23.6 Å². The largest absolute Gasteiger partial charge is 0.478 e. The molecule has 194 valence electrons. The minimum absolute atomic E-state index is 0.0864. The van der Waals surface area contributed by atoms with Gasteiger partial charge in [-0.1, -0.05) is 17.7 Å². The molecule has 1 saturated carbocycles. The quantitative estimate of drug-likeness (QED) is 0.564. The zero-order valence-corrected chi connectivity index (χ0v) is 20.8. The maximum absolute atomic E-state index is 12.3. The Labute approximate surface area is 212 Å². The van der Waals surface area contributed by atoms with Crippen LogP contribution in [0.1, 0.15) is 31.7 Å². The number of aromatic nitrogens is 3. The summed E-state index contributed by atoms with van der Waals surface area (Å²) in [6.07, 6.45) is 6.30. The lowest BCUT2D eigenvalue weighted by Gasteiger charge is -2.42. The van der Waals surface area contributed by atoms with Gasteiger partial charge in [0.15, 0.2) is 0 Å². The first kappa shape index (κ1) is 27.2. The van der Waals surface area contributed by atoms with Crippen LogP contribution in [0.3, 0.4) is 0 Å². The second-order valence-corrected chi connectivity index (χ2v) is 9.18. The highest BCUT2D eigenvalue weighted by atomic mass is 35.5. The second kappa shape index (κ2) is 12.5. The highest BCUT2D eigenvalue weighted by Gasteiger charge is 2.30. The fraction of sp³-hybridized carbons (Fsp3) is 0.458. The average molecular weight is 520 g/mol. The van der Waals surface area contributed by atoms with Crippen molar-refractivity contribution in [2.24, 2.45) is 7.05 Å². The van der Waals surface area contributed by atoms with Gasteiger partial charge in [0.1, 0.15) is 6.20 Å². The monoisotopic (exact) mass is 519 g/mol. The van der Waals surface area contributed by atoms with Crippen LogP contribution in [-0.2, 0) is 16.6 Å². The van der Waals surface area contributed by atoms with Gasteiger partial charge in [-0.05, 0) is 43.9 Å². The predicted octanol–water partition coefficient (Wildman–Crippen LogP) is 1.61. The summed E-state index contributed by atoms with van der Waals surface area (Å²) in [5, 5.41) is 20.5. The molecule has 36 heavy (non-hydrogen) atoms. The van der Waals surface area contributed by atoms with Gasteiger partial charge in [-0.3, -0.25) is 14.3 Å². The van der Waals surface area contributed by atoms with E-state index in [1.807, 2.05) is 18.2 Å². The van der Waals surface area contributed by atoms with E-state index in [1.54, 1.807) is 0 Å². The van der Waals surface area contributed by atoms with Crippen molar-refractivity contribution in [1.82, 2.24) is 19.2 Å². The van der Waals surface area contributed by atoms with Crippen LogP contribution in [0.4, 0.5) is 5.69 Å². The fourth-order valence-corrected chi connectivity index (χ4v) is 4.76. The number of carboxylic acid groups (broad SMARTS) is 2. The number of halogens is 1. The number of carboxylic acids is 2. The van der Waals surface area contributed by atoms with Crippen molar-refractivity contribution in [1.29, 1.82) is 0 Å². The first-order chi connectivity index (χ1) is 17.2. The molecule has 2 aliphatic rings. The Balaban J connectivity index is 0.000000392. The van der Waals surface area contributed by atoms with E-state index in [0.29, 0.717) is 18.2 Å². The summed E-state index contributed by atoms with van der Waals surface area (Å²) in [6, 6.07) is 8.69. The van der Waals surface area contributed by atoms with Crippen LogP contribution in [0.25, 0.3) is 0 Å². The number of carbonyl (C=O) groups is 2. The Hall–Kier alpha value is -3.44. The molecule has 0 spiro atoms. The standard InChI is InChI=1S/C20H26ClN5O2.C4H4O4/c1-23-19(27)14-22-26(20(23)28)17-7-5-16(6-8-17)24-9-11-25(12-10-24)18-4-2-3-15(21)13-18;5-3(6)1-2-4(7)8/h2-4,13-14,16-17H,5-12H2,1H3;1-2H,(H,5,6)(H,7,8)/b;2-1+/t16-,17+;. The summed E-state index contributed by atoms with van der Waals surface area (Å²) in [5.74, 6) is -2.51. The fourth-order valence-electron chi connectivity index (χ4n) is 4.57. The molecule has 1 saturated heterocycles. The first-order valence-corrected chi connectivity index (χ1v) is 12.1. The summed E-state index contributed by atoms with van der Waals surface area (Å²) in [4.78, 5) is 47.9. The lowest BCUT2D eigenvalue weighted by atomic mass is 9.90. The molecule has 0 bridgehead atoms. The molecule has 2 aromatic rings. The summed E-state index contributed by atoms with van der Waals surface area (Å²) in [6.45, 7) is 4.09. The molecule has 1 aromatic carbocycles. The predicted molar refractivity (Wildman–Crippen MR) is 135 cm³/mol. The van der Waals surface area contributed by atoms with E-state index < -0.39 is 11.9 Å². The second-order valence-electron chi connectivity index (χ2n) is 8.74. The normalized spacial score (nSPS) is 20.6. The van der Waals surface area contributed by atoms with E-state index in [-0.39, 0.29) is 17.3 Å². The molecule has 12 heteroatoms. The molecule has 0 unspecified atom stereocenters. The molecule has 2 fully saturated rings. The zero-order valence-electron chi connectivity index (χ0n) is 20.0. The number of hydrogen-bond donors (Lipinski definition) is 2. The maximum Gasteiger partial charge on any atom is 0.347 e. The van der Waals surface area contributed by atoms with Crippen LogP contribution < -0.4 is 16.1 Å².